The van der Waals surface area contributed by atoms with Crippen molar-refractivity contribution < 1.29 is 4.74 Å². The maximum absolute atomic E-state index is 5.29. The summed E-state index contributed by atoms with van der Waals surface area (Å²) in [7, 11) is 5.78. The maximum Gasteiger partial charge on any atom is 0.210 e. The Kier molecular flexibility index (Phi) is 4.45. The van der Waals surface area contributed by atoms with Crippen LogP contribution in [0.2, 0.25) is 0 Å². The van der Waals surface area contributed by atoms with Gasteiger partial charge in [0.05, 0.1) is 0 Å². The molecule has 1 heterocycles. The molecule has 23 heavy (non-hydrogen) atoms. The zero-order valence-electron chi connectivity index (χ0n) is 13.7. The molecule has 1 N–H and O–H groups in total. The van der Waals surface area contributed by atoms with Crippen LogP contribution < -0.4 is 10.2 Å². The van der Waals surface area contributed by atoms with Gasteiger partial charge in [0, 0.05) is 43.4 Å². The van der Waals surface area contributed by atoms with Crippen LogP contribution in [0.5, 0.6) is 0 Å². The topological polar surface area (TPSA) is 50.3 Å². The highest BCUT2D eigenvalue weighted by Crippen LogP contribution is 2.34. The summed E-state index contributed by atoms with van der Waals surface area (Å²) < 4.78 is 5.29. The largest absolute Gasteiger partial charge is 0.377 e. The Labute approximate surface area is 139 Å². The Morgan fingerprint density at radius 1 is 1.09 bits per heavy atom. The normalized spacial score (nSPS) is 12.3. The van der Waals surface area contributed by atoms with Crippen LogP contribution in [0.3, 0.4) is 0 Å². The molecular formula is C17H20N4OS. The van der Waals surface area contributed by atoms with Crippen molar-refractivity contribution in [3.05, 3.63) is 41.4 Å². The number of hydrogen-bond acceptors (Lipinski definition) is 6. The predicted molar refractivity (Wildman–Crippen MR) is 96.9 cm³/mol. The summed E-state index contributed by atoms with van der Waals surface area (Å²) in [6, 6.07) is 12.6. The van der Waals surface area contributed by atoms with Gasteiger partial charge in [-0.25, -0.2) is 0 Å². The SMILES string of the molecule is COC(C)c1nnc(Nc2ccc(N(C)C)c3ccccc23)s1. The molecule has 1 atom stereocenters. The zero-order chi connectivity index (χ0) is 16.4. The van der Waals surface area contributed by atoms with Gasteiger partial charge in [0.1, 0.15) is 11.1 Å². The predicted octanol–water partition coefficient (Wildman–Crippen LogP) is 4.21. The van der Waals surface area contributed by atoms with Crippen molar-refractivity contribution in [1.82, 2.24) is 10.2 Å². The van der Waals surface area contributed by atoms with E-state index in [1.165, 1.54) is 22.4 Å². The van der Waals surface area contributed by atoms with Gasteiger partial charge in [-0.1, -0.05) is 35.6 Å². The molecule has 0 spiro atoms. The van der Waals surface area contributed by atoms with Crippen LogP contribution in [0.1, 0.15) is 18.0 Å². The van der Waals surface area contributed by atoms with Crippen LogP contribution in [-0.2, 0) is 4.74 Å². The second-order valence-corrected chi connectivity index (χ2v) is 6.53. The summed E-state index contributed by atoms with van der Waals surface area (Å²) >= 11 is 1.51. The van der Waals surface area contributed by atoms with Crippen molar-refractivity contribution in [3.8, 4) is 0 Å². The fraction of sp³-hybridized carbons (Fsp3) is 0.294. The van der Waals surface area contributed by atoms with Crippen molar-refractivity contribution >= 4 is 38.6 Å². The number of fused-ring (bicyclic) bond motifs is 1. The van der Waals surface area contributed by atoms with Crippen LogP contribution in [-0.4, -0.2) is 31.4 Å². The molecule has 120 valence electrons. The van der Waals surface area contributed by atoms with Gasteiger partial charge in [0.2, 0.25) is 5.13 Å². The monoisotopic (exact) mass is 328 g/mol. The number of ether oxygens (including phenoxy) is 1. The van der Waals surface area contributed by atoms with E-state index in [2.05, 4.69) is 64.8 Å². The fourth-order valence-electron chi connectivity index (χ4n) is 2.45. The van der Waals surface area contributed by atoms with E-state index in [1.807, 2.05) is 13.0 Å². The van der Waals surface area contributed by atoms with Crippen LogP contribution in [0.15, 0.2) is 36.4 Å². The van der Waals surface area contributed by atoms with Gasteiger partial charge >= 0.3 is 0 Å². The molecule has 0 fully saturated rings. The Bertz CT molecular complexity index is 815. The van der Waals surface area contributed by atoms with E-state index >= 15 is 0 Å². The molecule has 1 unspecified atom stereocenters. The molecule has 3 aromatic rings. The van der Waals surface area contributed by atoms with Gasteiger partial charge < -0.3 is 15.0 Å². The molecular weight excluding hydrogens is 308 g/mol. The lowest BCUT2D eigenvalue weighted by atomic mass is 10.1. The number of benzene rings is 2. The summed E-state index contributed by atoms with van der Waals surface area (Å²) in [5, 5.41) is 15.8. The van der Waals surface area contributed by atoms with E-state index in [4.69, 9.17) is 4.74 Å². The summed E-state index contributed by atoms with van der Waals surface area (Å²) in [6.07, 6.45) is -0.0455. The van der Waals surface area contributed by atoms with Gasteiger partial charge in [-0.15, -0.1) is 10.2 Å². The molecule has 0 radical (unpaired) electrons. The van der Waals surface area contributed by atoms with E-state index in [0.717, 1.165) is 21.2 Å². The van der Waals surface area contributed by atoms with Gasteiger partial charge in [-0.05, 0) is 19.1 Å². The molecule has 0 bridgehead atoms. The highest BCUT2D eigenvalue weighted by Gasteiger charge is 2.13. The van der Waals surface area contributed by atoms with E-state index in [-0.39, 0.29) is 6.10 Å². The fourth-order valence-corrected chi connectivity index (χ4v) is 3.23. The van der Waals surface area contributed by atoms with E-state index in [0.29, 0.717) is 0 Å². The van der Waals surface area contributed by atoms with Crippen LogP contribution in [0, 0.1) is 0 Å². The molecule has 0 aliphatic rings. The number of methoxy groups -OCH3 is 1. The highest BCUT2D eigenvalue weighted by molar-refractivity contribution is 7.15. The Morgan fingerprint density at radius 3 is 2.52 bits per heavy atom. The smallest absolute Gasteiger partial charge is 0.210 e. The van der Waals surface area contributed by atoms with Crippen molar-refractivity contribution in [2.75, 3.05) is 31.4 Å². The van der Waals surface area contributed by atoms with Crippen LogP contribution in [0.4, 0.5) is 16.5 Å². The van der Waals surface area contributed by atoms with Crippen molar-refractivity contribution in [3.63, 3.8) is 0 Å². The van der Waals surface area contributed by atoms with E-state index in [1.54, 1.807) is 7.11 Å². The van der Waals surface area contributed by atoms with Crippen molar-refractivity contribution in [1.29, 1.82) is 0 Å². The standard InChI is InChI=1S/C17H20N4OS/c1-11(22-4)16-19-20-17(23-16)18-14-9-10-15(21(2)3)13-8-6-5-7-12(13)14/h5-11H,1-4H3,(H,18,20). The molecule has 3 rings (SSSR count). The van der Waals surface area contributed by atoms with Crippen molar-refractivity contribution in [2.24, 2.45) is 0 Å². The molecule has 0 amide bonds. The quantitative estimate of drug-likeness (QED) is 0.760. The van der Waals surface area contributed by atoms with E-state index < -0.39 is 0 Å². The summed E-state index contributed by atoms with van der Waals surface area (Å²) in [5.74, 6) is 0. The zero-order valence-corrected chi connectivity index (χ0v) is 14.5. The molecule has 0 saturated heterocycles. The first-order valence-electron chi connectivity index (χ1n) is 7.42. The first-order chi connectivity index (χ1) is 11.1. The molecule has 0 aliphatic carbocycles. The average molecular weight is 328 g/mol. The second kappa shape index (κ2) is 6.52. The highest BCUT2D eigenvalue weighted by atomic mass is 32.1. The van der Waals surface area contributed by atoms with Gasteiger partial charge in [-0.3, -0.25) is 0 Å². The summed E-state index contributed by atoms with van der Waals surface area (Å²) in [5.41, 5.74) is 2.22. The minimum atomic E-state index is -0.0455. The molecule has 5 nitrogen and oxygen atoms in total. The van der Waals surface area contributed by atoms with Crippen molar-refractivity contribution in [2.45, 2.75) is 13.0 Å². The number of aromatic nitrogens is 2. The first kappa shape index (κ1) is 15.7. The molecule has 2 aromatic carbocycles. The van der Waals surface area contributed by atoms with Gasteiger partial charge in [-0.2, -0.15) is 0 Å². The number of hydrogen-bond donors (Lipinski definition) is 1. The molecule has 6 heteroatoms. The van der Waals surface area contributed by atoms with Crippen LogP contribution in [0.25, 0.3) is 10.8 Å². The third kappa shape index (κ3) is 3.13. The molecule has 1 aromatic heterocycles. The Morgan fingerprint density at radius 2 is 1.83 bits per heavy atom. The minimum absolute atomic E-state index is 0.0455. The number of nitrogens with zero attached hydrogens (tertiary/aromatic N) is 3. The Balaban J connectivity index is 1.98. The number of nitrogens with one attached hydrogen (secondary N) is 1. The lowest BCUT2D eigenvalue weighted by Gasteiger charge is -2.17. The third-order valence-electron chi connectivity index (χ3n) is 3.77. The average Bonchev–Trinajstić information content (AvgIpc) is 3.02. The Hall–Kier alpha value is -2.18. The second-order valence-electron chi connectivity index (χ2n) is 5.52. The maximum atomic E-state index is 5.29. The van der Waals surface area contributed by atoms with Crippen LogP contribution >= 0.6 is 11.3 Å². The third-order valence-corrected chi connectivity index (χ3v) is 4.77. The number of rotatable bonds is 5. The molecule has 0 aliphatic heterocycles. The van der Waals surface area contributed by atoms with Gasteiger partial charge in [0.15, 0.2) is 0 Å². The van der Waals surface area contributed by atoms with Gasteiger partial charge in [0.25, 0.3) is 0 Å². The first-order valence-corrected chi connectivity index (χ1v) is 8.24. The number of anilines is 3. The summed E-state index contributed by atoms with van der Waals surface area (Å²) in [4.78, 5) is 2.12. The lowest BCUT2D eigenvalue weighted by Crippen LogP contribution is -2.09. The van der Waals surface area contributed by atoms with E-state index in [9.17, 15) is 0 Å². The lowest BCUT2D eigenvalue weighted by molar-refractivity contribution is 0.118. The molecule has 0 saturated carbocycles. The summed E-state index contributed by atoms with van der Waals surface area (Å²) in [6.45, 7) is 1.96. The minimum Gasteiger partial charge on any atom is -0.377 e.